The van der Waals surface area contributed by atoms with E-state index in [0.29, 0.717) is 29.5 Å². The van der Waals surface area contributed by atoms with Gasteiger partial charge in [0.25, 0.3) is 11.6 Å². The Balaban J connectivity index is 1.76. The highest BCUT2D eigenvalue weighted by Crippen LogP contribution is 2.24. The fourth-order valence-electron chi connectivity index (χ4n) is 3.01. The van der Waals surface area contributed by atoms with E-state index in [2.05, 4.69) is 25.7 Å². The van der Waals surface area contributed by atoms with Gasteiger partial charge in [0.15, 0.2) is 10.8 Å². The molecular formula is C19H23N7O3S. The maximum Gasteiger partial charge on any atom is 0.273 e. The van der Waals surface area contributed by atoms with Crippen molar-refractivity contribution in [1.29, 1.82) is 0 Å². The minimum absolute atomic E-state index is 0.0767. The third-order valence-corrected chi connectivity index (χ3v) is 4.99. The van der Waals surface area contributed by atoms with Crippen LogP contribution in [-0.4, -0.2) is 49.4 Å². The highest BCUT2D eigenvalue weighted by molar-refractivity contribution is 7.98. The van der Waals surface area contributed by atoms with E-state index >= 15 is 0 Å². The maximum absolute atomic E-state index is 12.5. The van der Waals surface area contributed by atoms with Crippen LogP contribution in [0.15, 0.2) is 29.6 Å². The first kappa shape index (κ1) is 21.5. The molecule has 2 heterocycles. The lowest BCUT2D eigenvalue weighted by Gasteiger charge is -2.11. The molecule has 3 rings (SSSR count). The molecule has 1 amide bonds. The van der Waals surface area contributed by atoms with Gasteiger partial charge in [-0.1, -0.05) is 17.8 Å². The van der Waals surface area contributed by atoms with E-state index in [1.165, 1.54) is 23.9 Å². The first-order valence-corrected chi connectivity index (χ1v) is 10.6. The summed E-state index contributed by atoms with van der Waals surface area (Å²) in [5.74, 6) is 0.358. The Morgan fingerprint density at radius 2 is 2.10 bits per heavy atom. The summed E-state index contributed by atoms with van der Waals surface area (Å²) in [4.78, 5) is 32.2. The maximum atomic E-state index is 12.5. The molecule has 1 aromatic carbocycles. The van der Waals surface area contributed by atoms with Gasteiger partial charge in [0.2, 0.25) is 0 Å². The molecule has 0 aliphatic rings. The predicted octanol–water partition coefficient (Wildman–Crippen LogP) is 3.02. The lowest BCUT2D eigenvalue weighted by atomic mass is 10.1. The van der Waals surface area contributed by atoms with Gasteiger partial charge in [0.1, 0.15) is 5.82 Å². The average molecular weight is 430 g/mol. The number of nitro benzene ring substituents is 1. The predicted molar refractivity (Wildman–Crippen MR) is 116 cm³/mol. The Labute approximate surface area is 177 Å². The van der Waals surface area contributed by atoms with Crippen molar-refractivity contribution in [3.8, 4) is 0 Å². The van der Waals surface area contributed by atoms with E-state index in [4.69, 9.17) is 0 Å². The summed E-state index contributed by atoms with van der Waals surface area (Å²) in [7, 11) is 0. The Morgan fingerprint density at radius 3 is 2.77 bits per heavy atom. The van der Waals surface area contributed by atoms with E-state index in [-0.39, 0.29) is 23.2 Å². The van der Waals surface area contributed by atoms with Crippen molar-refractivity contribution in [2.75, 3.05) is 18.1 Å². The molecule has 0 bridgehead atoms. The van der Waals surface area contributed by atoms with Gasteiger partial charge in [-0.25, -0.2) is 14.6 Å². The molecule has 11 heteroatoms. The van der Waals surface area contributed by atoms with Crippen LogP contribution in [-0.2, 0) is 6.54 Å². The number of nitrogens with one attached hydrogen (secondary N) is 2. The number of rotatable bonds is 8. The summed E-state index contributed by atoms with van der Waals surface area (Å²) in [5.41, 5.74) is 1.22. The van der Waals surface area contributed by atoms with Gasteiger partial charge in [0, 0.05) is 29.8 Å². The van der Waals surface area contributed by atoms with Crippen LogP contribution in [0.4, 0.5) is 11.5 Å². The van der Waals surface area contributed by atoms with Gasteiger partial charge in [-0.2, -0.15) is 5.10 Å². The zero-order chi connectivity index (χ0) is 21.8. The van der Waals surface area contributed by atoms with E-state index < -0.39 is 4.92 Å². The average Bonchev–Trinajstić information content (AvgIpc) is 3.10. The number of hydrogen-bond donors (Lipinski definition) is 2. The van der Waals surface area contributed by atoms with Crippen molar-refractivity contribution in [2.24, 2.45) is 0 Å². The SMILES string of the molecule is CSc1nc(NC(C)C)c2cnn(CCNC(=O)c3cccc([N+](=O)[O-])c3C)c2n1. The van der Waals surface area contributed by atoms with Crippen molar-refractivity contribution in [1.82, 2.24) is 25.1 Å². The summed E-state index contributed by atoms with van der Waals surface area (Å²) < 4.78 is 1.71. The third-order valence-electron chi connectivity index (χ3n) is 4.44. The molecule has 0 saturated carbocycles. The summed E-state index contributed by atoms with van der Waals surface area (Å²) >= 11 is 1.44. The minimum atomic E-state index is -0.492. The Morgan fingerprint density at radius 1 is 1.33 bits per heavy atom. The van der Waals surface area contributed by atoms with Crippen molar-refractivity contribution >= 4 is 40.2 Å². The second-order valence-electron chi connectivity index (χ2n) is 6.93. The molecular weight excluding hydrogens is 406 g/mol. The number of nitro groups is 1. The van der Waals surface area contributed by atoms with E-state index in [9.17, 15) is 14.9 Å². The molecule has 0 aliphatic carbocycles. The van der Waals surface area contributed by atoms with E-state index in [1.807, 2.05) is 20.1 Å². The van der Waals surface area contributed by atoms with E-state index in [1.54, 1.807) is 23.9 Å². The highest BCUT2D eigenvalue weighted by atomic mass is 32.2. The molecule has 0 spiro atoms. The number of nitrogens with zero attached hydrogens (tertiary/aromatic N) is 5. The molecule has 0 atom stereocenters. The van der Waals surface area contributed by atoms with Crippen LogP contribution in [0.2, 0.25) is 0 Å². The van der Waals surface area contributed by atoms with Crippen molar-refractivity contribution in [3.05, 3.63) is 45.6 Å². The van der Waals surface area contributed by atoms with Gasteiger partial charge in [-0.3, -0.25) is 14.9 Å². The van der Waals surface area contributed by atoms with Crippen LogP contribution in [0.5, 0.6) is 0 Å². The molecule has 2 N–H and O–H groups in total. The van der Waals surface area contributed by atoms with Crippen molar-refractivity contribution < 1.29 is 9.72 Å². The van der Waals surface area contributed by atoms with Crippen LogP contribution in [0, 0.1) is 17.0 Å². The smallest absolute Gasteiger partial charge is 0.273 e. The molecule has 10 nitrogen and oxygen atoms in total. The lowest BCUT2D eigenvalue weighted by molar-refractivity contribution is -0.385. The monoisotopic (exact) mass is 429 g/mol. The molecule has 30 heavy (non-hydrogen) atoms. The standard InChI is InChI=1S/C19H23N7O3S/c1-11(2)22-16-14-10-21-25(17(14)24-19(23-16)30-4)9-8-20-18(27)13-6-5-7-15(12(13)3)26(28)29/h5-7,10-11H,8-9H2,1-4H3,(H,20,27)(H,22,23,24). The second-order valence-corrected chi connectivity index (χ2v) is 7.70. The van der Waals surface area contributed by atoms with Crippen LogP contribution in [0.3, 0.4) is 0 Å². The molecule has 158 valence electrons. The van der Waals surface area contributed by atoms with Crippen LogP contribution < -0.4 is 10.6 Å². The summed E-state index contributed by atoms with van der Waals surface area (Å²) in [5, 5.41) is 23.0. The Hall–Kier alpha value is -3.21. The molecule has 0 unspecified atom stereocenters. The number of amides is 1. The number of fused-ring (bicyclic) bond motifs is 1. The third kappa shape index (κ3) is 4.51. The lowest BCUT2D eigenvalue weighted by Crippen LogP contribution is -2.28. The molecule has 2 aromatic heterocycles. The molecule has 0 saturated heterocycles. The van der Waals surface area contributed by atoms with Crippen molar-refractivity contribution in [2.45, 2.75) is 38.5 Å². The molecule has 0 fully saturated rings. The summed E-state index contributed by atoms with van der Waals surface area (Å²) in [6.07, 6.45) is 3.61. The van der Waals surface area contributed by atoms with Gasteiger partial charge in [-0.05, 0) is 33.1 Å². The van der Waals surface area contributed by atoms with E-state index in [0.717, 1.165) is 11.2 Å². The number of thioether (sulfide) groups is 1. The minimum Gasteiger partial charge on any atom is -0.367 e. The second kappa shape index (κ2) is 9.08. The normalized spacial score (nSPS) is 11.1. The quantitative estimate of drug-likeness (QED) is 0.242. The largest absolute Gasteiger partial charge is 0.367 e. The summed E-state index contributed by atoms with van der Waals surface area (Å²) in [6, 6.07) is 4.67. The number of hydrogen-bond acceptors (Lipinski definition) is 8. The number of carbonyl (C=O) groups excluding carboxylic acids is 1. The zero-order valence-electron chi connectivity index (χ0n) is 17.2. The number of aromatic nitrogens is 4. The number of anilines is 1. The van der Waals surface area contributed by atoms with Gasteiger partial charge < -0.3 is 10.6 Å². The number of benzene rings is 1. The highest BCUT2D eigenvalue weighted by Gasteiger charge is 2.18. The van der Waals surface area contributed by atoms with Gasteiger partial charge >= 0.3 is 0 Å². The first-order valence-electron chi connectivity index (χ1n) is 9.38. The first-order chi connectivity index (χ1) is 14.3. The van der Waals surface area contributed by atoms with Crippen LogP contribution in [0.1, 0.15) is 29.8 Å². The summed E-state index contributed by atoms with van der Waals surface area (Å²) in [6.45, 7) is 6.32. The topological polar surface area (TPSA) is 128 Å². The van der Waals surface area contributed by atoms with Gasteiger partial charge in [-0.15, -0.1) is 0 Å². The van der Waals surface area contributed by atoms with Crippen molar-refractivity contribution in [3.63, 3.8) is 0 Å². The fourth-order valence-corrected chi connectivity index (χ4v) is 3.37. The van der Waals surface area contributed by atoms with Gasteiger partial charge in [0.05, 0.1) is 23.1 Å². The molecule has 0 radical (unpaired) electrons. The molecule has 0 aliphatic heterocycles. The Kier molecular flexibility index (Phi) is 6.50. The molecule has 3 aromatic rings. The zero-order valence-corrected chi connectivity index (χ0v) is 18.0. The van der Waals surface area contributed by atoms with Crippen LogP contribution >= 0.6 is 11.8 Å². The number of carbonyl (C=O) groups is 1. The Bertz CT molecular complexity index is 1100. The fraction of sp³-hybridized carbons (Fsp3) is 0.368. The van der Waals surface area contributed by atoms with Crippen LogP contribution in [0.25, 0.3) is 11.0 Å².